The average Bonchev–Trinajstić information content (AvgIpc) is 2.83. The fourth-order valence-corrected chi connectivity index (χ4v) is 8.52. The van der Waals surface area contributed by atoms with Crippen LogP contribution in [0.25, 0.3) is 0 Å². The van der Waals surface area contributed by atoms with Gasteiger partial charge in [0.2, 0.25) is 0 Å². The Hall–Kier alpha value is -2.73. The largest absolute Gasteiger partial charge is 0.428 e. The summed E-state index contributed by atoms with van der Waals surface area (Å²) >= 11 is 0. The second-order valence-electron chi connectivity index (χ2n) is 6.79. The van der Waals surface area contributed by atoms with Crippen LogP contribution >= 0.6 is 0 Å². The van der Waals surface area contributed by atoms with Crippen molar-refractivity contribution in [1.29, 1.82) is 0 Å². The molecule has 0 spiro atoms. The van der Waals surface area contributed by atoms with Crippen LogP contribution in [0.5, 0.6) is 0 Å². The summed E-state index contributed by atoms with van der Waals surface area (Å²) in [7, 11) is -1.41. The highest BCUT2D eigenvalue weighted by molar-refractivity contribution is 7.19. The molecule has 1 nitrogen and oxygen atoms in total. The van der Waals surface area contributed by atoms with E-state index in [1.54, 1.807) is 0 Å². The number of hydrogen-bond acceptors (Lipinski definition) is 1. The summed E-state index contributed by atoms with van der Waals surface area (Å²) in [5.74, 6) is 0. The Morgan fingerprint density at radius 2 is 0.724 bits per heavy atom. The number of hydrogen-bond donors (Lipinski definition) is 0. The van der Waals surface area contributed by atoms with Gasteiger partial charge in [-0.25, -0.2) is 0 Å². The zero-order chi connectivity index (χ0) is 20.4. The average molecular weight is 413 g/mol. The van der Waals surface area contributed by atoms with E-state index < -0.39 is 8.07 Å². The first-order valence-electron chi connectivity index (χ1n) is 10.0. The molecule has 0 heterocycles. The molecule has 0 radical (unpaired) electrons. The Morgan fingerprint density at radius 3 is 0.897 bits per heavy atom. The molecule has 0 unspecified atom stereocenters. The summed E-state index contributed by atoms with van der Waals surface area (Å²) in [6, 6.07) is 44.0. The van der Waals surface area contributed by atoms with Crippen molar-refractivity contribution in [1.82, 2.24) is 0 Å². The van der Waals surface area contributed by atoms with Crippen LogP contribution in [0.15, 0.2) is 121 Å². The topological polar surface area (TPSA) is 9.23 Å². The van der Waals surface area contributed by atoms with Gasteiger partial charge in [-0.1, -0.05) is 121 Å². The highest BCUT2D eigenvalue weighted by Crippen LogP contribution is 2.09. The van der Waals surface area contributed by atoms with Gasteiger partial charge in [0.15, 0.2) is 8.07 Å². The fourth-order valence-electron chi connectivity index (χ4n) is 3.75. The van der Waals surface area contributed by atoms with Crippen LogP contribution < -0.4 is 20.7 Å². The molecule has 0 aliphatic heterocycles. The summed E-state index contributed by atoms with van der Waals surface area (Å²) in [5, 5.41) is 5.66. The Balaban J connectivity index is 0.000000552. The summed E-state index contributed by atoms with van der Waals surface area (Å²) in [6.45, 7) is 2.87. The number of benzene rings is 4. The molecule has 0 aliphatic rings. The van der Waals surface area contributed by atoms with Crippen molar-refractivity contribution in [3.05, 3.63) is 121 Å². The molecule has 4 aromatic rings. The zero-order valence-corrected chi connectivity index (χ0v) is 20.2. The van der Waals surface area contributed by atoms with Crippen molar-refractivity contribution in [2.75, 3.05) is 6.61 Å². The first kappa shape index (κ1) is 21.0. The zero-order valence-electron chi connectivity index (χ0n) is 17.2. The van der Waals surface area contributed by atoms with E-state index in [9.17, 15) is 0 Å². The maximum absolute atomic E-state index is 4.68. The van der Waals surface area contributed by atoms with Crippen molar-refractivity contribution in [2.24, 2.45) is 0 Å². The monoisotopic (exact) mass is 412 g/mol. The van der Waals surface area contributed by atoms with Gasteiger partial charge in [0.05, 0.1) is 0 Å². The minimum atomic E-state index is -2.30. The molecular weight excluding hydrogens is 384 g/mol. The van der Waals surface area contributed by atoms with Gasteiger partial charge >= 0.3 is 0 Å². The molecule has 4 rings (SSSR count). The van der Waals surface area contributed by atoms with Gasteiger partial charge in [-0.2, -0.15) is 0 Å². The minimum Gasteiger partial charge on any atom is -0.428 e. The van der Waals surface area contributed by atoms with Crippen LogP contribution in [0.4, 0.5) is 0 Å². The molecule has 0 saturated heterocycles. The Kier molecular flexibility index (Phi) is 7.76. The van der Waals surface area contributed by atoms with E-state index in [2.05, 4.69) is 126 Å². The van der Waals surface area contributed by atoms with Crippen molar-refractivity contribution in [3.63, 3.8) is 0 Å². The third kappa shape index (κ3) is 4.65. The highest BCUT2D eigenvalue weighted by atomic mass is 28.3. The van der Waals surface area contributed by atoms with Crippen molar-refractivity contribution >= 4 is 39.3 Å². The normalized spacial score (nSPS) is 10.8. The highest BCUT2D eigenvalue weighted by Gasteiger charge is 2.40. The predicted octanol–water partition coefficient (Wildman–Crippen LogP) is 2.37. The molecule has 0 aliphatic carbocycles. The molecule has 4 aromatic carbocycles. The summed E-state index contributed by atoms with van der Waals surface area (Å²) in [6.07, 6.45) is 0. The lowest BCUT2D eigenvalue weighted by atomic mass is 10.3. The molecule has 0 fully saturated rings. The first-order chi connectivity index (χ1) is 14.3. The quantitative estimate of drug-likeness (QED) is 0.361. The smallest absolute Gasteiger partial charge is 0.179 e. The van der Waals surface area contributed by atoms with E-state index in [0.29, 0.717) is 0 Å². The van der Waals surface area contributed by atoms with Gasteiger partial charge in [-0.05, 0) is 27.7 Å². The van der Waals surface area contributed by atoms with E-state index in [4.69, 9.17) is 0 Å². The summed E-state index contributed by atoms with van der Waals surface area (Å²) < 4.78 is 4.68. The molecule has 0 aromatic heterocycles. The predicted molar refractivity (Wildman–Crippen MR) is 132 cm³/mol. The van der Waals surface area contributed by atoms with Crippen molar-refractivity contribution in [3.8, 4) is 0 Å². The molecule has 0 amide bonds. The summed E-state index contributed by atoms with van der Waals surface area (Å²) in [4.78, 5) is 0. The van der Waals surface area contributed by atoms with Crippen LogP contribution in [-0.4, -0.2) is 25.2 Å². The van der Waals surface area contributed by atoms with Gasteiger partial charge in [0.1, 0.15) is 10.5 Å². The first-order valence-corrected chi connectivity index (χ1v) is 12.9. The Labute approximate surface area is 178 Å². The second kappa shape index (κ2) is 10.7. The van der Waals surface area contributed by atoms with E-state index in [-0.39, 0.29) is 0 Å². The van der Waals surface area contributed by atoms with Gasteiger partial charge in [-0.3, -0.25) is 0 Å². The van der Waals surface area contributed by atoms with Gasteiger partial charge in [0.25, 0.3) is 0 Å². The maximum Gasteiger partial charge on any atom is 0.179 e. The molecule has 146 valence electrons. The molecule has 0 N–H and O–H groups in total. The van der Waals surface area contributed by atoms with Crippen LogP contribution in [-0.2, 0) is 4.43 Å². The number of rotatable bonds is 5. The third-order valence-electron chi connectivity index (χ3n) is 5.12. The molecule has 29 heavy (non-hydrogen) atoms. The lowest BCUT2D eigenvalue weighted by Gasteiger charge is -2.34. The van der Waals surface area contributed by atoms with Crippen LogP contribution in [0, 0.1) is 0 Å². The van der Waals surface area contributed by atoms with E-state index >= 15 is 0 Å². The van der Waals surface area contributed by atoms with E-state index in [0.717, 1.165) is 17.1 Å². The van der Waals surface area contributed by atoms with Gasteiger partial charge in [-0.15, -0.1) is 0 Å². The van der Waals surface area contributed by atoms with Crippen LogP contribution in [0.2, 0.25) is 0 Å². The summed E-state index contributed by atoms with van der Waals surface area (Å²) in [5.41, 5.74) is 0. The van der Waals surface area contributed by atoms with E-state index in [1.165, 1.54) is 20.7 Å². The van der Waals surface area contributed by atoms with Gasteiger partial charge in [0, 0.05) is 6.61 Å². The molecule has 0 bridgehead atoms. The lowest BCUT2D eigenvalue weighted by molar-refractivity contribution is 0.375. The Morgan fingerprint density at radius 1 is 0.517 bits per heavy atom. The van der Waals surface area contributed by atoms with Crippen LogP contribution in [0.3, 0.4) is 0 Å². The molecular formula is C26H28OSi2. The standard InChI is InChI=1S/C24H20Si.C2H8OSi/c1-5-13-21(14-6-1)25(22-15-7-2-8-16-22,23-17-9-3-10-18-23)24-19-11-4-12-20-24;1-2-3-4/h1-20H;2H2,1,4H3. The Bertz CT molecular complexity index is 793. The fraction of sp³-hybridized carbons (Fsp3) is 0.0769. The van der Waals surface area contributed by atoms with Crippen molar-refractivity contribution in [2.45, 2.75) is 6.92 Å². The third-order valence-corrected chi connectivity index (χ3v) is 10.5. The lowest BCUT2D eigenvalue weighted by Crippen LogP contribution is -2.74. The van der Waals surface area contributed by atoms with E-state index in [1.807, 2.05) is 6.92 Å². The van der Waals surface area contributed by atoms with Gasteiger partial charge < -0.3 is 4.43 Å². The molecule has 0 saturated carbocycles. The van der Waals surface area contributed by atoms with Crippen molar-refractivity contribution < 1.29 is 4.43 Å². The minimum absolute atomic E-state index is 0.881. The maximum atomic E-state index is 4.68. The van der Waals surface area contributed by atoms with Crippen LogP contribution in [0.1, 0.15) is 6.92 Å². The molecule has 3 heteroatoms. The second-order valence-corrected chi connectivity index (χ2v) is 11.2. The SMILES string of the molecule is CCO[SiH3].c1ccc([Si](c2ccccc2)(c2ccccc2)c2ccccc2)cc1. The molecule has 0 atom stereocenters.